The molecular weight excluding hydrogens is 420 g/mol. The van der Waals surface area contributed by atoms with Crippen molar-refractivity contribution in [2.45, 2.75) is 118 Å². The summed E-state index contributed by atoms with van der Waals surface area (Å²) < 4.78 is 5.32. The maximum absolute atomic E-state index is 11.5. The Bertz CT molecular complexity index is 884. The van der Waals surface area contributed by atoms with E-state index in [9.17, 15) is 9.90 Å². The van der Waals surface area contributed by atoms with Crippen LogP contribution in [-0.4, -0.2) is 11.3 Å². The number of unbranched alkanes of at least 4 members (excludes halogenated alkanes) is 8. The van der Waals surface area contributed by atoms with Crippen molar-refractivity contribution >= 4 is 6.16 Å². The minimum absolute atomic E-state index is 0.528. The number of ether oxygens (including phenoxy) is 1. The van der Waals surface area contributed by atoms with Gasteiger partial charge in [0.05, 0.1) is 0 Å². The third kappa shape index (κ3) is 8.18. The van der Waals surface area contributed by atoms with Gasteiger partial charge in [-0.05, 0) is 78.0 Å². The summed E-state index contributed by atoms with van der Waals surface area (Å²) in [7, 11) is 0. The highest BCUT2D eigenvalue weighted by molar-refractivity contribution is 5.75. The second kappa shape index (κ2) is 15.6. The zero-order chi connectivity index (χ0) is 24.8. The van der Waals surface area contributed by atoms with Crippen molar-refractivity contribution in [1.82, 2.24) is 0 Å². The fourth-order valence-electron chi connectivity index (χ4n) is 5.12. The highest BCUT2D eigenvalue weighted by Gasteiger charge is 2.19. The smallest absolute Gasteiger partial charge is 0.449 e. The number of benzene rings is 2. The Morgan fingerprint density at radius 3 is 1.82 bits per heavy atom. The van der Waals surface area contributed by atoms with Gasteiger partial charge < -0.3 is 9.84 Å². The summed E-state index contributed by atoms with van der Waals surface area (Å²) >= 11 is 0. The largest absolute Gasteiger partial charge is 0.511 e. The molecule has 0 aliphatic rings. The minimum Gasteiger partial charge on any atom is -0.449 e. The van der Waals surface area contributed by atoms with Crippen LogP contribution in [-0.2, 0) is 25.7 Å². The summed E-state index contributed by atoms with van der Waals surface area (Å²) in [4.78, 5) is 11.5. The van der Waals surface area contributed by atoms with Crippen LogP contribution in [0.3, 0.4) is 0 Å². The van der Waals surface area contributed by atoms with Crippen LogP contribution in [0.4, 0.5) is 4.79 Å². The maximum Gasteiger partial charge on any atom is 0.511 e. The number of hydrogen-bond acceptors (Lipinski definition) is 2. The Kier molecular flexibility index (Phi) is 12.8. The number of carboxylic acid groups (broad SMARTS) is 1. The molecule has 0 atom stereocenters. The summed E-state index contributed by atoms with van der Waals surface area (Å²) in [6.45, 7) is 8.93. The van der Waals surface area contributed by atoms with Crippen LogP contribution >= 0.6 is 0 Å². The normalized spacial score (nSPS) is 11.1. The molecule has 2 aromatic rings. The summed E-state index contributed by atoms with van der Waals surface area (Å²) in [6.07, 6.45) is 14.7. The molecule has 0 aliphatic heterocycles. The molecule has 0 spiro atoms. The molecule has 0 fully saturated rings. The van der Waals surface area contributed by atoms with Crippen molar-refractivity contribution in [2.75, 3.05) is 0 Å². The lowest BCUT2D eigenvalue weighted by molar-refractivity contribution is 0.144. The zero-order valence-electron chi connectivity index (χ0n) is 22.0. The molecule has 0 heterocycles. The summed E-state index contributed by atoms with van der Waals surface area (Å²) in [6, 6.07) is 10.7. The summed E-state index contributed by atoms with van der Waals surface area (Å²) in [5, 5.41) is 9.41. The van der Waals surface area contributed by atoms with E-state index in [1.54, 1.807) is 0 Å². The average Bonchev–Trinajstić information content (AvgIpc) is 2.84. The van der Waals surface area contributed by atoms with Gasteiger partial charge in [0.15, 0.2) is 0 Å². The van der Waals surface area contributed by atoms with Gasteiger partial charge in [0.25, 0.3) is 0 Å². The number of hydrogen-bond donors (Lipinski definition) is 1. The monoisotopic (exact) mass is 466 g/mol. The van der Waals surface area contributed by atoms with Gasteiger partial charge in [0.1, 0.15) is 5.75 Å². The molecule has 3 nitrogen and oxygen atoms in total. The first kappa shape index (κ1) is 28.0. The quantitative estimate of drug-likeness (QED) is 0.152. The van der Waals surface area contributed by atoms with E-state index in [2.05, 4.69) is 52.0 Å². The van der Waals surface area contributed by atoms with Gasteiger partial charge >= 0.3 is 6.16 Å². The van der Waals surface area contributed by atoms with E-state index in [1.165, 1.54) is 79.2 Å². The predicted octanol–water partition coefficient (Wildman–Crippen LogP) is 9.56. The second-order valence-electron chi connectivity index (χ2n) is 9.42. The minimum atomic E-state index is -1.23. The van der Waals surface area contributed by atoms with E-state index in [0.29, 0.717) is 5.75 Å². The molecule has 2 rings (SSSR count). The van der Waals surface area contributed by atoms with E-state index in [0.717, 1.165) is 44.1 Å². The van der Waals surface area contributed by atoms with Crippen LogP contribution in [0.1, 0.15) is 114 Å². The first-order valence-corrected chi connectivity index (χ1v) is 13.7. The summed E-state index contributed by atoms with van der Waals surface area (Å²) in [5.41, 5.74) is 7.80. The molecule has 2 aromatic carbocycles. The predicted molar refractivity (Wildman–Crippen MR) is 144 cm³/mol. The topological polar surface area (TPSA) is 46.5 Å². The molecule has 34 heavy (non-hydrogen) atoms. The lowest BCUT2D eigenvalue weighted by atomic mass is 9.85. The third-order valence-electron chi connectivity index (χ3n) is 6.94. The van der Waals surface area contributed by atoms with Crippen molar-refractivity contribution in [3.63, 3.8) is 0 Å². The fourth-order valence-corrected chi connectivity index (χ4v) is 5.12. The molecule has 0 saturated carbocycles. The average molecular weight is 467 g/mol. The number of aryl methyl sites for hydroxylation is 1. The molecule has 0 radical (unpaired) electrons. The van der Waals surface area contributed by atoms with Crippen molar-refractivity contribution in [3.8, 4) is 16.9 Å². The molecule has 0 bridgehead atoms. The molecule has 0 saturated heterocycles. The molecule has 3 heteroatoms. The van der Waals surface area contributed by atoms with Crippen molar-refractivity contribution in [1.29, 1.82) is 0 Å². The Balaban J connectivity index is 2.52. The lowest BCUT2D eigenvalue weighted by Gasteiger charge is -2.21. The SMILES string of the molecule is CCCCCCCc1c(OC(=O)O)ccc(-c2cccc(CC)c2CC)c1CCCCCCC. The molecule has 0 aromatic heterocycles. The van der Waals surface area contributed by atoms with E-state index in [1.807, 2.05) is 6.07 Å². The van der Waals surface area contributed by atoms with Crippen LogP contribution in [0.5, 0.6) is 5.75 Å². The lowest BCUT2D eigenvalue weighted by Crippen LogP contribution is -2.09. The van der Waals surface area contributed by atoms with Gasteiger partial charge in [0.2, 0.25) is 0 Å². The Morgan fingerprint density at radius 1 is 0.676 bits per heavy atom. The molecular formula is C31H46O3. The van der Waals surface area contributed by atoms with E-state index in [-0.39, 0.29) is 0 Å². The molecule has 0 unspecified atom stereocenters. The van der Waals surface area contributed by atoms with Gasteiger partial charge in [0, 0.05) is 0 Å². The van der Waals surface area contributed by atoms with Gasteiger partial charge in [-0.3, -0.25) is 0 Å². The van der Waals surface area contributed by atoms with Crippen LogP contribution in [0.2, 0.25) is 0 Å². The zero-order valence-corrected chi connectivity index (χ0v) is 22.0. The third-order valence-corrected chi connectivity index (χ3v) is 6.94. The molecule has 1 N–H and O–H groups in total. The number of carbonyl (C=O) groups is 1. The first-order chi connectivity index (χ1) is 16.6. The Labute approximate surface area is 207 Å². The van der Waals surface area contributed by atoms with Crippen LogP contribution in [0.15, 0.2) is 30.3 Å². The van der Waals surface area contributed by atoms with Crippen molar-refractivity contribution in [2.24, 2.45) is 0 Å². The maximum atomic E-state index is 11.5. The number of rotatable bonds is 16. The molecule has 0 amide bonds. The van der Waals surface area contributed by atoms with Crippen LogP contribution < -0.4 is 4.74 Å². The standard InChI is InChI=1S/C31H46O3/c1-5-9-11-13-15-19-27-28(26-21-17-18-24(7-3)25(26)8-4)22-23-30(34-31(32)33)29(27)20-16-14-12-10-6-2/h17-18,21-23H,5-16,19-20H2,1-4H3,(H,32,33). The Morgan fingerprint density at radius 2 is 1.26 bits per heavy atom. The van der Waals surface area contributed by atoms with Crippen molar-refractivity contribution in [3.05, 3.63) is 52.6 Å². The summed E-state index contributed by atoms with van der Waals surface area (Å²) in [5.74, 6) is 0.528. The second-order valence-corrected chi connectivity index (χ2v) is 9.42. The van der Waals surface area contributed by atoms with Crippen LogP contribution in [0.25, 0.3) is 11.1 Å². The highest BCUT2D eigenvalue weighted by Crippen LogP contribution is 2.37. The van der Waals surface area contributed by atoms with Gasteiger partial charge in [-0.15, -0.1) is 0 Å². The van der Waals surface area contributed by atoms with Gasteiger partial charge in [-0.2, -0.15) is 0 Å². The fraction of sp³-hybridized carbons (Fsp3) is 0.581. The molecule has 188 valence electrons. The van der Waals surface area contributed by atoms with E-state index in [4.69, 9.17) is 4.74 Å². The molecule has 0 aliphatic carbocycles. The van der Waals surface area contributed by atoms with Crippen molar-refractivity contribution < 1.29 is 14.6 Å². The van der Waals surface area contributed by atoms with E-state index < -0.39 is 6.16 Å². The first-order valence-electron chi connectivity index (χ1n) is 13.7. The van der Waals surface area contributed by atoms with Crippen LogP contribution in [0, 0.1) is 0 Å². The van der Waals surface area contributed by atoms with Gasteiger partial charge in [-0.1, -0.05) is 103 Å². The van der Waals surface area contributed by atoms with Gasteiger partial charge in [-0.25, -0.2) is 4.79 Å². The van der Waals surface area contributed by atoms with E-state index >= 15 is 0 Å². The highest BCUT2D eigenvalue weighted by atomic mass is 16.7. The Hall–Kier alpha value is -2.29.